The van der Waals surface area contributed by atoms with Gasteiger partial charge in [-0.3, -0.25) is 18.7 Å². The van der Waals surface area contributed by atoms with E-state index in [-0.39, 0.29) is 18.0 Å². The molecule has 0 aliphatic heterocycles. The van der Waals surface area contributed by atoms with Gasteiger partial charge in [-0.15, -0.1) is 0 Å². The van der Waals surface area contributed by atoms with E-state index in [1.807, 2.05) is 43.5 Å². The molecular weight excluding hydrogens is 344 g/mol. The molecule has 0 atom stereocenters. The molecule has 0 saturated carbocycles. The van der Waals surface area contributed by atoms with E-state index in [9.17, 15) is 14.4 Å². The smallest absolute Gasteiger partial charge is 0.331 e. The van der Waals surface area contributed by atoms with E-state index in [1.165, 1.54) is 11.6 Å². The monoisotopic (exact) mass is 368 g/mol. The quantitative estimate of drug-likeness (QED) is 0.672. The lowest BCUT2D eigenvalue weighted by Gasteiger charge is -2.12. The van der Waals surface area contributed by atoms with Gasteiger partial charge in [-0.25, -0.2) is 4.79 Å². The molecule has 142 valence electrons. The molecule has 7 nitrogen and oxygen atoms in total. The van der Waals surface area contributed by atoms with Crippen molar-refractivity contribution in [3.8, 4) is 11.1 Å². The van der Waals surface area contributed by atoms with Crippen LogP contribution in [0.3, 0.4) is 0 Å². The lowest BCUT2D eigenvalue weighted by atomic mass is 10.1. The Kier molecular flexibility index (Phi) is 5.30. The van der Waals surface area contributed by atoms with E-state index < -0.39 is 5.69 Å². The number of carbonyl (C=O) groups is 1. The van der Waals surface area contributed by atoms with Gasteiger partial charge in [0.05, 0.1) is 5.52 Å². The summed E-state index contributed by atoms with van der Waals surface area (Å²) in [7, 11) is 3.21. The molecule has 0 spiro atoms. The van der Waals surface area contributed by atoms with Crippen molar-refractivity contribution >= 4 is 16.9 Å². The van der Waals surface area contributed by atoms with Gasteiger partial charge in [0.2, 0.25) is 5.91 Å². The maximum Gasteiger partial charge on any atom is 0.331 e. The molecule has 0 fully saturated rings. The topological polar surface area (TPSA) is 78.0 Å². The molecule has 2 heterocycles. The zero-order valence-corrected chi connectivity index (χ0v) is 15.9. The Morgan fingerprint density at radius 3 is 2.44 bits per heavy atom. The van der Waals surface area contributed by atoms with Crippen LogP contribution >= 0.6 is 0 Å². The summed E-state index contributed by atoms with van der Waals surface area (Å²) in [4.78, 5) is 37.9. The highest BCUT2D eigenvalue weighted by molar-refractivity contribution is 5.93. The first-order valence-electron chi connectivity index (χ1n) is 9.06. The van der Waals surface area contributed by atoms with E-state index in [0.29, 0.717) is 17.6 Å². The Labute approximate surface area is 156 Å². The highest BCUT2D eigenvalue weighted by Crippen LogP contribution is 2.27. The average molecular weight is 368 g/mol. The van der Waals surface area contributed by atoms with Crippen molar-refractivity contribution < 1.29 is 4.79 Å². The molecule has 7 heteroatoms. The highest BCUT2D eigenvalue weighted by atomic mass is 16.2. The van der Waals surface area contributed by atoms with Crippen LogP contribution in [0.25, 0.3) is 22.2 Å². The third-order valence-corrected chi connectivity index (χ3v) is 4.69. The molecule has 0 unspecified atom stereocenters. The maximum atomic E-state index is 12.8. The number of aromatic nitrogens is 3. The molecule has 1 amide bonds. The summed E-state index contributed by atoms with van der Waals surface area (Å²) in [5.74, 6) is -0.242. The Balaban J connectivity index is 2.21. The molecule has 1 aromatic carbocycles. The number of nitrogens with one attached hydrogen (secondary N) is 1. The van der Waals surface area contributed by atoms with Gasteiger partial charge in [-0.05, 0) is 12.0 Å². The number of aryl methyl sites for hydroxylation is 1. The minimum Gasteiger partial charge on any atom is -0.355 e. The number of fused-ring (bicyclic) bond motifs is 1. The van der Waals surface area contributed by atoms with Gasteiger partial charge in [0.25, 0.3) is 5.56 Å². The largest absolute Gasteiger partial charge is 0.355 e. The number of amides is 1. The van der Waals surface area contributed by atoms with Crippen LogP contribution in [0.15, 0.2) is 46.1 Å². The zero-order chi connectivity index (χ0) is 19.6. The molecule has 0 bridgehead atoms. The van der Waals surface area contributed by atoms with E-state index >= 15 is 0 Å². The number of hydrogen-bond donors (Lipinski definition) is 1. The van der Waals surface area contributed by atoms with Crippen molar-refractivity contribution in [1.29, 1.82) is 0 Å². The first kappa shape index (κ1) is 18.7. The first-order valence-corrected chi connectivity index (χ1v) is 9.06. The predicted octanol–water partition coefficient (Wildman–Crippen LogP) is 1.62. The predicted molar refractivity (Wildman–Crippen MR) is 106 cm³/mol. The molecule has 0 saturated heterocycles. The van der Waals surface area contributed by atoms with Crippen LogP contribution in [-0.4, -0.2) is 26.2 Å². The summed E-state index contributed by atoms with van der Waals surface area (Å²) in [5.41, 5.74) is 1.66. The van der Waals surface area contributed by atoms with Gasteiger partial charge >= 0.3 is 5.69 Å². The summed E-state index contributed by atoms with van der Waals surface area (Å²) >= 11 is 0. The number of rotatable bonds is 6. The fraction of sp³-hybridized carbons (Fsp3) is 0.350. The van der Waals surface area contributed by atoms with Crippen LogP contribution < -0.4 is 16.6 Å². The molecule has 3 rings (SSSR count). The van der Waals surface area contributed by atoms with Crippen molar-refractivity contribution in [1.82, 2.24) is 19.0 Å². The second-order valence-corrected chi connectivity index (χ2v) is 6.65. The Morgan fingerprint density at radius 1 is 1.07 bits per heavy atom. The van der Waals surface area contributed by atoms with E-state index in [4.69, 9.17) is 0 Å². The first-order chi connectivity index (χ1) is 13.0. The van der Waals surface area contributed by atoms with Gasteiger partial charge in [0.1, 0.15) is 12.1 Å². The van der Waals surface area contributed by atoms with Crippen LogP contribution in [0.4, 0.5) is 0 Å². The summed E-state index contributed by atoms with van der Waals surface area (Å²) in [6, 6.07) is 9.54. The van der Waals surface area contributed by atoms with E-state index in [2.05, 4.69) is 5.32 Å². The van der Waals surface area contributed by atoms with Crippen molar-refractivity contribution in [2.24, 2.45) is 14.1 Å². The Hall–Kier alpha value is -3.09. The molecule has 0 aliphatic carbocycles. The Bertz CT molecular complexity index is 1090. The van der Waals surface area contributed by atoms with E-state index in [0.717, 1.165) is 28.5 Å². The molecule has 0 radical (unpaired) electrons. The van der Waals surface area contributed by atoms with Crippen LogP contribution in [0.2, 0.25) is 0 Å². The highest BCUT2D eigenvalue weighted by Gasteiger charge is 2.20. The van der Waals surface area contributed by atoms with Gasteiger partial charge < -0.3 is 9.88 Å². The fourth-order valence-corrected chi connectivity index (χ4v) is 3.24. The zero-order valence-electron chi connectivity index (χ0n) is 15.9. The SMILES string of the molecule is CCCCNC(=O)Cn1c(=O)n(C)c(=O)c2c1c(-c1ccccc1)cn2C. The molecule has 0 aliphatic rings. The molecule has 27 heavy (non-hydrogen) atoms. The lowest BCUT2D eigenvalue weighted by molar-refractivity contribution is -0.121. The number of unbranched alkanes of at least 4 members (excludes halogenated alkanes) is 1. The van der Waals surface area contributed by atoms with Crippen LogP contribution in [0.1, 0.15) is 19.8 Å². The number of carbonyl (C=O) groups excluding carboxylic acids is 1. The number of benzene rings is 1. The fourth-order valence-electron chi connectivity index (χ4n) is 3.24. The average Bonchev–Trinajstić information content (AvgIpc) is 3.01. The summed E-state index contributed by atoms with van der Waals surface area (Å²) in [6.45, 7) is 2.49. The van der Waals surface area contributed by atoms with Crippen LogP contribution in [-0.2, 0) is 25.4 Å². The molecule has 2 aromatic heterocycles. The van der Waals surface area contributed by atoms with Gasteiger partial charge in [-0.1, -0.05) is 43.7 Å². The second-order valence-electron chi connectivity index (χ2n) is 6.65. The minimum atomic E-state index is -0.499. The third-order valence-electron chi connectivity index (χ3n) is 4.69. The summed E-state index contributed by atoms with van der Waals surface area (Å²) in [6.07, 6.45) is 3.68. The van der Waals surface area contributed by atoms with Crippen molar-refractivity contribution in [2.45, 2.75) is 26.3 Å². The van der Waals surface area contributed by atoms with Crippen LogP contribution in [0.5, 0.6) is 0 Å². The number of hydrogen-bond acceptors (Lipinski definition) is 3. The van der Waals surface area contributed by atoms with E-state index in [1.54, 1.807) is 11.6 Å². The van der Waals surface area contributed by atoms with Crippen molar-refractivity contribution in [3.63, 3.8) is 0 Å². The standard InChI is InChI=1S/C20H24N4O3/c1-4-5-11-21-16(25)13-24-17-15(14-9-7-6-8-10-14)12-22(2)18(17)19(26)23(3)20(24)27/h6-10,12H,4-5,11,13H2,1-3H3,(H,21,25). The number of nitrogens with zero attached hydrogens (tertiary/aromatic N) is 3. The second kappa shape index (κ2) is 7.65. The van der Waals surface area contributed by atoms with Crippen molar-refractivity contribution in [2.75, 3.05) is 6.54 Å². The molecular formula is C20H24N4O3. The van der Waals surface area contributed by atoms with Gasteiger partial charge in [0, 0.05) is 32.4 Å². The molecule has 3 aromatic rings. The summed E-state index contributed by atoms with van der Waals surface area (Å²) in [5, 5.41) is 2.83. The summed E-state index contributed by atoms with van der Waals surface area (Å²) < 4.78 is 4.15. The third kappa shape index (κ3) is 3.45. The van der Waals surface area contributed by atoms with Gasteiger partial charge in [0.15, 0.2) is 0 Å². The van der Waals surface area contributed by atoms with Gasteiger partial charge in [-0.2, -0.15) is 0 Å². The van der Waals surface area contributed by atoms with Crippen LogP contribution in [0, 0.1) is 0 Å². The van der Waals surface area contributed by atoms with Crippen molar-refractivity contribution in [3.05, 3.63) is 57.4 Å². The normalized spacial score (nSPS) is 11.1. The maximum absolute atomic E-state index is 12.8. The Morgan fingerprint density at radius 2 is 1.78 bits per heavy atom. The molecule has 1 N–H and O–H groups in total. The lowest BCUT2D eigenvalue weighted by Crippen LogP contribution is -2.41. The minimum absolute atomic E-state index is 0.128.